The zero-order valence-electron chi connectivity index (χ0n) is 5.20. The molecule has 1 aromatic rings. The van der Waals surface area contributed by atoms with Crippen LogP contribution in [0.1, 0.15) is 0 Å². The maximum Gasteiger partial charge on any atom is 0.289 e. The van der Waals surface area contributed by atoms with E-state index < -0.39 is 0 Å². The molecule has 2 heterocycles. The van der Waals surface area contributed by atoms with Gasteiger partial charge >= 0.3 is 0 Å². The highest BCUT2D eigenvalue weighted by Crippen LogP contribution is 2.45. The molecule has 0 saturated heterocycles. The van der Waals surface area contributed by atoms with Crippen LogP contribution in [-0.2, 0) is 0 Å². The van der Waals surface area contributed by atoms with E-state index in [9.17, 15) is 4.79 Å². The molecule has 1 aliphatic rings. The van der Waals surface area contributed by atoms with Crippen LogP contribution in [0, 0.1) is 0 Å². The fourth-order valence-electron chi connectivity index (χ4n) is 0.707. The lowest BCUT2D eigenvalue weighted by molar-refractivity contribution is 1.35. The van der Waals surface area contributed by atoms with Crippen molar-refractivity contribution in [1.82, 2.24) is 0 Å². The van der Waals surface area contributed by atoms with Crippen molar-refractivity contribution in [3.8, 4) is 0 Å². The molecular formula is C5H3ClOS4. The van der Waals surface area contributed by atoms with Gasteiger partial charge in [0, 0.05) is 5.75 Å². The van der Waals surface area contributed by atoms with E-state index in [1.807, 2.05) is 0 Å². The van der Waals surface area contributed by atoms with Crippen molar-refractivity contribution >= 4 is 57.8 Å². The molecule has 2 rings (SSSR count). The first-order valence-corrected chi connectivity index (χ1v) is 6.76. The molecule has 0 amide bonds. The fourth-order valence-corrected chi connectivity index (χ4v) is 6.56. The van der Waals surface area contributed by atoms with E-state index >= 15 is 0 Å². The smallest absolute Gasteiger partial charge is 0.265 e. The van der Waals surface area contributed by atoms with E-state index in [0.717, 1.165) is 14.2 Å². The Morgan fingerprint density at radius 2 is 2.09 bits per heavy atom. The van der Waals surface area contributed by atoms with E-state index in [0.29, 0.717) is 0 Å². The van der Waals surface area contributed by atoms with Crippen LogP contribution in [0.25, 0.3) is 0 Å². The zero-order valence-corrected chi connectivity index (χ0v) is 9.23. The van der Waals surface area contributed by atoms with Crippen LogP contribution in [0.15, 0.2) is 13.2 Å². The van der Waals surface area contributed by atoms with Gasteiger partial charge in [-0.2, -0.15) is 0 Å². The summed E-state index contributed by atoms with van der Waals surface area (Å²) < 4.78 is 2.58. The summed E-state index contributed by atoms with van der Waals surface area (Å²) >= 11 is 11.9. The summed E-state index contributed by atoms with van der Waals surface area (Å²) in [5, 5.41) is 0. The Morgan fingerprint density at radius 1 is 1.36 bits per heavy atom. The Bertz CT molecular complexity index is 317. The van der Waals surface area contributed by atoms with Crippen LogP contribution in [0.4, 0.5) is 0 Å². The fraction of sp³-hybridized carbons (Fsp3) is 0.400. The van der Waals surface area contributed by atoms with Crippen molar-refractivity contribution in [2.75, 3.05) is 5.75 Å². The summed E-state index contributed by atoms with van der Waals surface area (Å²) in [6.07, 6.45) is 0. The first-order chi connectivity index (χ1) is 5.25. The molecule has 1 nitrogen and oxygen atoms in total. The maximum atomic E-state index is 10.9. The molecule has 0 N–H and O–H groups in total. The van der Waals surface area contributed by atoms with Crippen molar-refractivity contribution < 1.29 is 0 Å². The maximum absolute atomic E-state index is 10.9. The van der Waals surface area contributed by atoms with Gasteiger partial charge in [-0.3, -0.25) is 4.79 Å². The zero-order chi connectivity index (χ0) is 7.84. The summed E-state index contributed by atoms with van der Waals surface area (Å²) in [6.45, 7) is 0. The van der Waals surface area contributed by atoms with Crippen molar-refractivity contribution in [2.24, 2.45) is 0 Å². The van der Waals surface area contributed by atoms with Crippen molar-refractivity contribution in [2.45, 2.75) is 13.1 Å². The number of fused-ring (bicyclic) bond motifs is 1. The van der Waals surface area contributed by atoms with Gasteiger partial charge in [0.25, 0.3) is 4.06 Å². The topological polar surface area (TPSA) is 17.1 Å². The molecule has 1 atom stereocenters. The van der Waals surface area contributed by atoms with Crippen molar-refractivity contribution in [3.05, 3.63) is 8.85 Å². The predicted molar refractivity (Wildman–Crippen MR) is 54.7 cm³/mol. The van der Waals surface area contributed by atoms with E-state index in [1.54, 1.807) is 23.5 Å². The van der Waals surface area contributed by atoms with Crippen LogP contribution in [-0.4, -0.2) is 10.5 Å². The third kappa shape index (κ3) is 1.78. The molecule has 0 fully saturated rings. The van der Waals surface area contributed by atoms with Gasteiger partial charge in [-0.05, 0) is 0 Å². The minimum absolute atomic E-state index is 0.137. The summed E-state index contributed by atoms with van der Waals surface area (Å²) in [5.41, 5.74) is 0. The number of hydrogen-bond donors (Lipinski definition) is 0. The van der Waals surface area contributed by atoms with Gasteiger partial charge in [0.15, 0.2) is 0 Å². The van der Waals surface area contributed by atoms with Crippen LogP contribution in [0.3, 0.4) is 0 Å². The Hall–Kier alpha value is 0.840. The monoisotopic (exact) mass is 242 g/mol. The highest BCUT2D eigenvalue weighted by Gasteiger charge is 2.20. The van der Waals surface area contributed by atoms with E-state index in [-0.39, 0.29) is 8.77 Å². The third-order valence-electron chi connectivity index (χ3n) is 1.10. The minimum atomic E-state index is 0.137. The molecule has 60 valence electrons. The molecule has 0 bridgehead atoms. The molecule has 0 aliphatic carbocycles. The lowest BCUT2D eigenvalue weighted by Crippen LogP contribution is -1.99. The second-order valence-electron chi connectivity index (χ2n) is 1.87. The van der Waals surface area contributed by atoms with Gasteiger partial charge in [0.2, 0.25) is 0 Å². The van der Waals surface area contributed by atoms with Crippen LogP contribution in [0.2, 0.25) is 0 Å². The Labute approximate surface area is 85.2 Å². The predicted octanol–water partition coefficient (Wildman–Crippen LogP) is 2.93. The summed E-state index contributed by atoms with van der Waals surface area (Å²) in [4.78, 5) is 10.9. The Kier molecular flexibility index (Phi) is 2.53. The van der Waals surface area contributed by atoms with E-state index in [4.69, 9.17) is 11.6 Å². The van der Waals surface area contributed by atoms with Gasteiger partial charge in [-0.25, -0.2) is 0 Å². The molecule has 6 heteroatoms. The minimum Gasteiger partial charge on any atom is -0.265 e. The number of thioether (sulfide) groups is 2. The molecule has 0 unspecified atom stereocenters. The molecular weight excluding hydrogens is 240 g/mol. The number of rotatable bonds is 0. The number of halogens is 1. The third-order valence-corrected chi connectivity index (χ3v) is 6.99. The number of alkyl halides is 1. The molecule has 0 aromatic carbocycles. The molecule has 0 radical (unpaired) electrons. The first-order valence-electron chi connectivity index (χ1n) is 2.83. The average Bonchev–Trinajstić information content (AvgIpc) is 2.27. The standard InChI is InChI=1S/C5H3ClOS4/c6-2-1-8-3-4(9-2)11-5(7)10-3/h2H,1H2/t2-/m0/s1. The number of hydrogen-bond acceptors (Lipinski definition) is 5. The van der Waals surface area contributed by atoms with Gasteiger partial charge in [0.1, 0.15) is 0 Å². The SMILES string of the molecule is O=c1sc2c(s1)S[C@H](Cl)CS2. The highest BCUT2D eigenvalue weighted by atomic mass is 35.5. The lowest BCUT2D eigenvalue weighted by Gasteiger charge is -2.12. The second-order valence-corrected chi connectivity index (χ2v) is 7.64. The molecule has 0 spiro atoms. The van der Waals surface area contributed by atoms with Gasteiger partial charge in [-0.15, -0.1) is 23.4 Å². The quantitative estimate of drug-likeness (QED) is 0.652. The van der Waals surface area contributed by atoms with Crippen LogP contribution < -0.4 is 4.06 Å². The second kappa shape index (κ2) is 3.30. The molecule has 11 heavy (non-hydrogen) atoms. The average molecular weight is 243 g/mol. The summed E-state index contributed by atoms with van der Waals surface area (Å²) in [5.74, 6) is 0.909. The van der Waals surface area contributed by atoms with Gasteiger partial charge in [0.05, 0.1) is 13.1 Å². The highest BCUT2D eigenvalue weighted by molar-refractivity contribution is 8.09. The Balaban J connectivity index is 2.41. The first kappa shape index (κ1) is 8.44. The van der Waals surface area contributed by atoms with Gasteiger partial charge < -0.3 is 0 Å². The Morgan fingerprint density at radius 3 is 2.91 bits per heavy atom. The lowest BCUT2D eigenvalue weighted by atomic mass is 10.9. The van der Waals surface area contributed by atoms with Crippen LogP contribution >= 0.6 is 57.8 Å². The largest absolute Gasteiger partial charge is 0.289 e. The summed E-state index contributed by atoms with van der Waals surface area (Å²) in [6, 6.07) is 0. The molecule has 1 aromatic heterocycles. The molecule has 0 saturated carbocycles. The molecule has 1 aliphatic heterocycles. The van der Waals surface area contributed by atoms with Crippen molar-refractivity contribution in [3.63, 3.8) is 0 Å². The normalized spacial score (nSPS) is 23.2. The van der Waals surface area contributed by atoms with E-state index in [1.165, 1.54) is 22.7 Å². The summed E-state index contributed by atoms with van der Waals surface area (Å²) in [7, 11) is 0. The van der Waals surface area contributed by atoms with Gasteiger partial charge in [-0.1, -0.05) is 34.4 Å². The van der Waals surface area contributed by atoms with E-state index in [2.05, 4.69) is 0 Å². The van der Waals surface area contributed by atoms with Crippen LogP contribution in [0.5, 0.6) is 0 Å². The van der Waals surface area contributed by atoms with Crippen molar-refractivity contribution in [1.29, 1.82) is 0 Å².